The molecular formula is C39H44N2O8. The van der Waals surface area contributed by atoms with Gasteiger partial charge in [-0.1, -0.05) is 42.5 Å². The van der Waals surface area contributed by atoms with E-state index in [0.717, 1.165) is 56.1 Å². The minimum Gasteiger partial charge on any atom is -0.456 e. The second-order valence-corrected chi connectivity index (χ2v) is 14.4. The Labute approximate surface area is 286 Å². The Balaban J connectivity index is 0.987. The van der Waals surface area contributed by atoms with E-state index in [1.165, 1.54) is 0 Å². The number of hydrogen-bond donors (Lipinski definition) is 3. The zero-order valence-corrected chi connectivity index (χ0v) is 27.6. The lowest BCUT2D eigenvalue weighted by molar-refractivity contribution is -0.209. The van der Waals surface area contributed by atoms with E-state index < -0.39 is 30.1 Å². The van der Waals surface area contributed by atoms with Crippen molar-refractivity contribution in [2.45, 2.75) is 94.2 Å². The minimum absolute atomic E-state index is 0.146. The van der Waals surface area contributed by atoms with Gasteiger partial charge >= 0.3 is 5.97 Å². The SMILES string of the molecule is O=C(NCc1cccc(C(=O)NCCO)c1)C1=C[C@H]2OC(C3CC3)(C3CC3)O[C@H]2[C@H](OC(=O)c2ccccc2C=CC2CCC3OC3C2)C1. The van der Waals surface area contributed by atoms with Gasteiger partial charge in [-0.15, -0.1) is 0 Å². The number of amides is 2. The Morgan fingerprint density at radius 2 is 1.73 bits per heavy atom. The minimum atomic E-state index is -0.708. The van der Waals surface area contributed by atoms with Crippen molar-refractivity contribution in [3.05, 3.63) is 88.5 Å². The Bertz CT molecular complexity index is 1650. The molecule has 0 spiro atoms. The molecule has 2 saturated heterocycles. The number of carbonyl (C=O) groups excluding carboxylic acids is 3. The van der Waals surface area contributed by atoms with Gasteiger partial charge in [-0.05, 0) is 86.3 Å². The van der Waals surface area contributed by atoms with Crippen molar-refractivity contribution in [1.82, 2.24) is 10.6 Å². The monoisotopic (exact) mass is 668 g/mol. The molecule has 8 rings (SSSR count). The summed E-state index contributed by atoms with van der Waals surface area (Å²) in [6, 6.07) is 14.5. The molecule has 49 heavy (non-hydrogen) atoms. The number of benzene rings is 2. The van der Waals surface area contributed by atoms with Gasteiger partial charge in [0, 0.05) is 42.5 Å². The third-order valence-electron chi connectivity index (χ3n) is 10.8. The van der Waals surface area contributed by atoms with E-state index in [2.05, 4.69) is 16.7 Å². The van der Waals surface area contributed by atoms with E-state index in [1.54, 1.807) is 24.3 Å². The third kappa shape index (κ3) is 6.97. The fourth-order valence-corrected chi connectivity index (χ4v) is 7.84. The van der Waals surface area contributed by atoms with Crippen LogP contribution in [0.4, 0.5) is 0 Å². The quantitative estimate of drug-likeness (QED) is 0.223. The van der Waals surface area contributed by atoms with Gasteiger partial charge in [0.15, 0.2) is 5.79 Å². The highest BCUT2D eigenvalue weighted by atomic mass is 16.8. The number of nitrogens with one attached hydrogen (secondary N) is 2. The number of epoxide rings is 1. The summed E-state index contributed by atoms with van der Waals surface area (Å²) in [6.07, 6.45) is 12.7. The van der Waals surface area contributed by atoms with Gasteiger partial charge in [-0.3, -0.25) is 9.59 Å². The molecule has 10 nitrogen and oxygen atoms in total. The third-order valence-corrected chi connectivity index (χ3v) is 10.8. The first-order valence-electron chi connectivity index (χ1n) is 17.9. The van der Waals surface area contributed by atoms with Crippen molar-refractivity contribution < 1.29 is 38.4 Å². The number of allylic oxidation sites excluding steroid dienone is 1. The van der Waals surface area contributed by atoms with Crippen molar-refractivity contribution in [1.29, 1.82) is 0 Å². The fraction of sp³-hybridized carbons (Fsp3) is 0.513. The van der Waals surface area contributed by atoms with Crippen LogP contribution in [-0.2, 0) is 30.3 Å². The Kier molecular flexibility index (Phi) is 8.90. The maximum Gasteiger partial charge on any atom is 0.339 e. The van der Waals surface area contributed by atoms with E-state index >= 15 is 0 Å². The largest absolute Gasteiger partial charge is 0.456 e. The lowest BCUT2D eigenvalue weighted by Crippen LogP contribution is -2.44. The molecule has 3 N–H and O–H groups in total. The van der Waals surface area contributed by atoms with Crippen LogP contribution >= 0.6 is 0 Å². The average Bonchev–Trinajstić information content (AvgIpc) is 3.99. The summed E-state index contributed by atoms with van der Waals surface area (Å²) in [4.78, 5) is 39.9. The van der Waals surface area contributed by atoms with Gasteiger partial charge in [-0.2, -0.15) is 0 Å². The topological polar surface area (TPSA) is 136 Å². The van der Waals surface area contributed by atoms with Crippen molar-refractivity contribution in [3.8, 4) is 0 Å². The lowest BCUT2D eigenvalue weighted by atomic mass is 9.88. The van der Waals surface area contributed by atoms with Gasteiger partial charge in [0.1, 0.15) is 18.3 Å². The number of ether oxygens (including phenoxy) is 4. The zero-order valence-electron chi connectivity index (χ0n) is 27.6. The molecule has 2 aromatic carbocycles. The summed E-state index contributed by atoms with van der Waals surface area (Å²) in [6.45, 7) is 0.220. The lowest BCUT2D eigenvalue weighted by Gasteiger charge is -2.31. The smallest absolute Gasteiger partial charge is 0.339 e. The van der Waals surface area contributed by atoms with Crippen LogP contribution in [0, 0.1) is 17.8 Å². The number of hydrogen-bond acceptors (Lipinski definition) is 8. The molecule has 5 fully saturated rings. The molecule has 0 aromatic heterocycles. The van der Waals surface area contributed by atoms with Crippen LogP contribution in [0.25, 0.3) is 6.08 Å². The van der Waals surface area contributed by atoms with Gasteiger partial charge < -0.3 is 34.7 Å². The summed E-state index contributed by atoms with van der Waals surface area (Å²) < 4.78 is 25.5. The molecule has 2 heterocycles. The van der Waals surface area contributed by atoms with Gasteiger partial charge in [0.2, 0.25) is 5.91 Å². The number of fused-ring (bicyclic) bond motifs is 2. The molecule has 3 saturated carbocycles. The summed E-state index contributed by atoms with van der Waals surface area (Å²) in [5.74, 6) is -0.664. The van der Waals surface area contributed by atoms with Crippen LogP contribution in [0.3, 0.4) is 0 Å². The molecule has 2 amide bonds. The van der Waals surface area contributed by atoms with Crippen LogP contribution < -0.4 is 10.6 Å². The normalized spacial score (nSPS) is 29.8. The van der Waals surface area contributed by atoms with E-state index in [-0.39, 0.29) is 37.9 Å². The molecule has 10 heteroatoms. The number of aliphatic hydroxyl groups excluding tert-OH is 1. The first kappa shape index (κ1) is 32.4. The van der Waals surface area contributed by atoms with Crippen molar-refractivity contribution in [2.75, 3.05) is 13.2 Å². The molecule has 4 aliphatic carbocycles. The van der Waals surface area contributed by atoms with Crippen LogP contribution in [0.5, 0.6) is 0 Å². The second-order valence-electron chi connectivity index (χ2n) is 14.4. The molecule has 2 aromatic rings. The summed E-state index contributed by atoms with van der Waals surface area (Å²) in [5, 5.41) is 14.7. The highest BCUT2D eigenvalue weighted by molar-refractivity contribution is 5.96. The highest BCUT2D eigenvalue weighted by Crippen LogP contribution is 2.59. The van der Waals surface area contributed by atoms with Crippen LogP contribution in [0.1, 0.15) is 83.2 Å². The van der Waals surface area contributed by atoms with Crippen molar-refractivity contribution >= 4 is 23.9 Å². The van der Waals surface area contributed by atoms with Gasteiger partial charge in [0.25, 0.3) is 5.91 Å². The summed E-state index contributed by atoms with van der Waals surface area (Å²) >= 11 is 0. The summed E-state index contributed by atoms with van der Waals surface area (Å²) in [5.41, 5.74) is 2.96. The fourth-order valence-electron chi connectivity index (χ4n) is 7.84. The van der Waals surface area contributed by atoms with Crippen molar-refractivity contribution in [3.63, 3.8) is 0 Å². The molecule has 2 aliphatic heterocycles. The average molecular weight is 669 g/mol. The second kappa shape index (κ2) is 13.5. The maximum atomic E-state index is 13.9. The Hall–Kier alpha value is -3.83. The standard InChI is InChI=1S/C39H44N2O8/c42-17-16-40-36(43)26-6-3-4-24(18-26)22-41-37(44)27-20-33(35-34(21-27)48-39(49-35,28-11-12-28)29-13-14-29)47-38(45)30-7-2-1-5-25(30)10-8-23-9-15-31-32(19-23)46-31/h1-8,10,18,21,23,28-29,31-35,42H,9,11-17,19-20,22H2,(H,40,43)(H,41,44)/t23?,31?,32?,33-,34-,35+/m1/s1. The van der Waals surface area contributed by atoms with E-state index in [0.29, 0.717) is 46.7 Å². The van der Waals surface area contributed by atoms with Crippen LogP contribution in [-0.4, -0.2) is 72.3 Å². The first-order chi connectivity index (χ1) is 23.9. The molecule has 0 bridgehead atoms. The number of rotatable bonds is 12. The predicted molar refractivity (Wildman–Crippen MR) is 179 cm³/mol. The molecular weight excluding hydrogens is 624 g/mol. The maximum absolute atomic E-state index is 13.9. The van der Waals surface area contributed by atoms with Crippen LogP contribution in [0.15, 0.2) is 66.3 Å². The van der Waals surface area contributed by atoms with Crippen molar-refractivity contribution in [2.24, 2.45) is 17.8 Å². The highest BCUT2D eigenvalue weighted by Gasteiger charge is 2.64. The summed E-state index contributed by atoms with van der Waals surface area (Å²) in [7, 11) is 0. The Morgan fingerprint density at radius 3 is 2.51 bits per heavy atom. The zero-order chi connectivity index (χ0) is 33.5. The van der Waals surface area contributed by atoms with Gasteiger partial charge in [-0.25, -0.2) is 4.79 Å². The Morgan fingerprint density at radius 1 is 0.918 bits per heavy atom. The van der Waals surface area contributed by atoms with E-state index in [4.69, 9.17) is 24.1 Å². The number of esters is 1. The molecule has 258 valence electrons. The first-order valence-corrected chi connectivity index (χ1v) is 17.9. The number of aliphatic hydroxyl groups is 1. The van der Waals surface area contributed by atoms with Gasteiger partial charge in [0.05, 0.1) is 24.4 Å². The van der Waals surface area contributed by atoms with E-state index in [1.807, 2.05) is 36.4 Å². The molecule has 6 aliphatic rings. The van der Waals surface area contributed by atoms with E-state index in [9.17, 15) is 14.4 Å². The number of carbonyl (C=O) groups is 3. The molecule has 6 atom stereocenters. The molecule has 0 radical (unpaired) electrons. The van der Waals surface area contributed by atoms with Crippen LogP contribution in [0.2, 0.25) is 0 Å². The predicted octanol–water partition coefficient (Wildman–Crippen LogP) is 4.46. The molecule has 3 unspecified atom stereocenters.